The third-order valence-electron chi connectivity index (χ3n) is 4.93. The highest BCUT2D eigenvalue weighted by Gasteiger charge is 2.32. The van der Waals surface area contributed by atoms with E-state index in [1.807, 2.05) is 0 Å². The fourth-order valence-electron chi connectivity index (χ4n) is 3.42. The molecule has 2 aromatic rings. The first kappa shape index (κ1) is 25.0. The van der Waals surface area contributed by atoms with E-state index in [0.717, 1.165) is 6.07 Å². The predicted molar refractivity (Wildman–Crippen MR) is 118 cm³/mol. The van der Waals surface area contributed by atoms with Crippen molar-refractivity contribution in [3.63, 3.8) is 0 Å². The zero-order valence-electron chi connectivity index (χ0n) is 18.1. The Kier molecular flexibility index (Phi) is 7.49. The molecule has 13 heteroatoms. The highest BCUT2D eigenvalue weighted by Crippen LogP contribution is 2.40. The summed E-state index contributed by atoms with van der Waals surface area (Å²) in [6.45, 7) is -0.0833. The van der Waals surface area contributed by atoms with Crippen molar-refractivity contribution in [1.29, 1.82) is 0 Å². The number of carbonyl (C=O) groups is 4. The fraction of sp³-hybridized carbons (Fsp3) is 0.227. The summed E-state index contributed by atoms with van der Waals surface area (Å²) in [6, 6.07) is 6.47. The Balaban J connectivity index is 1.68. The van der Waals surface area contributed by atoms with Crippen LogP contribution in [0.1, 0.15) is 34.7 Å². The average molecular weight is 488 g/mol. The molecule has 0 radical (unpaired) electrons. The molecule has 0 aliphatic carbocycles. The first-order chi connectivity index (χ1) is 16.5. The Hall–Kier alpha value is -4.68. The molecule has 0 saturated carbocycles. The lowest BCUT2D eigenvalue weighted by atomic mass is 9.96. The van der Waals surface area contributed by atoms with Gasteiger partial charge in [0.05, 0.1) is 24.3 Å². The van der Waals surface area contributed by atoms with E-state index in [9.17, 15) is 23.6 Å². The Morgan fingerprint density at radius 3 is 2.46 bits per heavy atom. The molecule has 35 heavy (non-hydrogen) atoms. The number of guanidine groups is 1. The van der Waals surface area contributed by atoms with Gasteiger partial charge < -0.3 is 36.5 Å². The lowest BCUT2D eigenvalue weighted by molar-refractivity contribution is -0.147. The van der Waals surface area contributed by atoms with E-state index in [1.54, 1.807) is 0 Å². The molecular formula is C22H21FN4O8. The first-order valence-corrected chi connectivity index (χ1v) is 10.2. The number of nitrogens with zero attached hydrogens (tertiary/aromatic N) is 1. The molecule has 7 N–H and O–H groups in total. The van der Waals surface area contributed by atoms with E-state index in [-0.39, 0.29) is 41.6 Å². The number of nitrogens with two attached hydrogens (primary N) is 2. The van der Waals surface area contributed by atoms with Gasteiger partial charge in [-0.05, 0) is 24.3 Å². The molecule has 1 unspecified atom stereocenters. The summed E-state index contributed by atoms with van der Waals surface area (Å²) in [6.07, 6.45) is -1.15. The minimum absolute atomic E-state index is 0.0617. The van der Waals surface area contributed by atoms with E-state index in [4.69, 9.17) is 31.2 Å². The number of aliphatic carboxylic acids is 2. The molecule has 0 fully saturated rings. The number of nitrogens with one attached hydrogen (secondary N) is 1. The Morgan fingerprint density at radius 1 is 1.17 bits per heavy atom. The van der Waals surface area contributed by atoms with Gasteiger partial charge in [-0.25, -0.2) is 19.0 Å². The summed E-state index contributed by atoms with van der Waals surface area (Å²) in [4.78, 5) is 50.3. The van der Waals surface area contributed by atoms with Gasteiger partial charge in [0, 0.05) is 30.0 Å². The molecule has 3 rings (SSSR count). The number of benzene rings is 2. The maximum atomic E-state index is 14.8. The van der Waals surface area contributed by atoms with Crippen molar-refractivity contribution in [2.75, 3.05) is 6.61 Å². The quantitative estimate of drug-likeness (QED) is 0.146. The van der Waals surface area contributed by atoms with Gasteiger partial charge in [-0.3, -0.25) is 9.59 Å². The molecule has 12 nitrogen and oxygen atoms in total. The first-order valence-electron chi connectivity index (χ1n) is 10.2. The van der Waals surface area contributed by atoms with Crippen molar-refractivity contribution in [2.45, 2.75) is 24.8 Å². The highest BCUT2D eigenvalue weighted by molar-refractivity contribution is 5.91. The molecule has 2 aromatic carbocycles. The van der Waals surface area contributed by atoms with Crippen LogP contribution in [0.2, 0.25) is 0 Å². The number of halogens is 1. The summed E-state index contributed by atoms with van der Waals surface area (Å²) >= 11 is 0. The summed E-state index contributed by atoms with van der Waals surface area (Å²) in [5.41, 5.74) is 11.2. The van der Waals surface area contributed by atoms with Gasteiger partial charge in [0.25, 0.3) is 0 Å². The molecule has 1 heterocycles. The minimum Gasteiger partial charge on any atom is -0.492 e. The van der Waals surface area contributed by atoms with Crippen molar-refractivity contribution in [3.8, 4) is 11.5 Å². The number of carboxylic acids is 2. The molecule has 0 aromatic heterocycles. The van der Waals surface area contributed by atoms with E-state index in [0.29, 0.717) is 5.69 Å². The van der Waals surface area contributed by atoms with Crippen LogP contribution in [0.5, 0.6) is 11.5 Å². The fourth-order valence-corrected chi connectivity index (χ4v) is 3.42. The third kappa shape index (κ3) is 6.43. The molecular weight excluding hydrogens is 467 g/mol. The second kappa shape index (κ2) is 10.5. The average Bonchev–Trinajstić information content (AvgIpc) is 3.15. The number of carbonyl (C=O) groups excluding carboxylic acids is 2. The smallest absolute Gasteiger partial charge is 0.343 e. The molecule has 184 valence electrons. The van der Waals surface area contributed by atoms with E-state index in [2.05, 4.69) is 10.3 Å². The summed E-state index contributed by atoms with van der Waals surface area (Å²) in [5.74, 6) is -6.21. The molecule has 0 saturated heterocycles. The van der Waals surface area contributed by atoms with Crippen molar-refractivity contribution >= 4 is 35.5 Å². The number of hydrogen-bond donors (Lipinski definition) is 5. The zero-order valence-corrected chi connectivity index (χ0v) is 18.1. The van der Waals surface area contributed by atoms with E-state index < -0.39 is 48.0 Å². The normalized spacial score (nSPS) is 14.7. The monoisotopic (exact) mass is 488 g/mol. The number of esters is 1. The van der Waals surface area contributed by atoms with Gasteiger partial charge in [0.2, 0.25) is 5.91 Å². The number of rotatable bonds is 9. The number of carboxylic acid groups (broad SMARTS) is 2. The zero-order chi connectivity index (χ0) is 25.7. The van der Waals surface area contributed by atoms with Gasteiger partial charge >= 0.3 is 17.9 Å². The summed E-state index contributed by atoms with van der Waals surface area (Å²) in [5, 5.41) is 19.9. The van der Waals surface area contributed by atoms with Crippen LogP contribution in [0.3, 0.4) is 0 Å². The van der Waals surface area contributed by atoms with Crippen molar-refractivity contribution < 1.29 is 43.3 Å². The molecule has 2 atom stereocenters. The molecule has 1 aliphatic rings. The molecule has 1 aliphatic heterocycles. The Morgan fingerprint density at radius 2 is 1.86 bits per heavy atom. The van der Waals surface area contributed by atoms with Crippen molar-refractivity contribution in [2.24, 2.45) is 16.5 Å². The lowest BCUT2D eigenvalue weighted by Gasteiger charge is -2.15. The van der Waals surface area contributed by atoms with Gasteiger partial charge in [-0.2, -0.15) is 0 Å². The van der Waals surface area contributed by atoms with Crippen molar-refractivity contribution in [1.82, 2.24) is 5.32 Å². The van der Waals surface area contributed by atoms with Crippen LogP contribution in [-0.4, -0.2) is 52.6 Å². The maximum absolute atomic E-state index is 14.8. The third-order valence-corrected chi connectivity index (χ3v) is 4.93. The highest BCUT2D eigenvalue weighted by atomic mass is 19.1. The number of fused-ring (bicyclic) bond motifs is 1. The minimum atomic E-state index is -1.62. The van der Waals surface area contributed by atoms with Crippen LogP contribution in [0, 0.1) is 5.82 Å². The Labute approximate surface area is 197 Å². The number of aliphatic imine (C=N–C) groups is 1. The SMILES string of the molecule is NC(N)=Nc1ccc(C(=O)Oc2cc(F)c3c(c2)OCC3CC(=O)N[C@@H](CC(=O)O)C(=O)O)cc1. The Bertz CT molecular complexity index is 1190. The standard InChI is InChI=1S/C22H21FN4O8/c23-14-6-13(35-21(33)10-1-3-12(4-2-10)26-22(24)25)7-16-19(14)11(9-34-16)5-17(28)27-15(20(31)32)8-18(29)30/h1-4,6-7,11,15H,5,8-9H2,(H,27,28)(H,29,30)(H,31,32)(H4,24,25,26)/t11?,15-/m0/s1. The van der Waals surface area contributed by atoms with Gasteiger partial charge in [0.1, 0.15) is 23.4 Å². The van der Waals surface area contributed by atoms with E-state index in [1.165, 1.54) is 30.3 Å². The van der Waals surface area contributed by atoms with Crippen LogP contribution < -0.4 is 26.3 Å². The number of hydrogen-bond acceptors (Lipinski definition) is 7. The largest absolute Gasteiger partial charge is 0.492 e. The van der Waals surface area contributed by atoms with Crippen molar-refractivity contribution in [3.05, 3.63) is 53.3 Å². The lowest BCUT2D eigenvalue weighted by Crippen LogP contribution is -2.42. The second-order valence-corrected chi connectivity index (χ2v) is 7.56. The summed E-state index contributed by atoms with van der Waals surface area (Å²) < 4.78 is 25.5. The van der Waals surface area contributed by atoms with E-state index >= 15 is 0 Å². The van der Waals surface area contributed by atoms with Crippen LogP contribution in [0.15, 0.2) is 41.4 Å². The predicted octanol–water partition coefficient (Wildman–Crippen LogP) is 0.860. The molecule has 0 bridgehead atoms. The number of amides is 1. The second-order valence-electron chi connectivity index (χ2n) is 7.56. The van der Waals surface area contributed by atoms with Gasteiger partial charge in [-0.1, -0.05) is 0 Å². The topological polar surface area (TPSA) is 204 Å². The van der Waals surface area contributed by atoms with Gasteiger partial charge in [0.15, 0.2) is 5.96 Å². The van der Waals surface area contributed by atoms with Crippen LogP contribution >= 0.6 is 0 Å². The van der Waals surface area contributed by atoms with Crippen LogP contribution in [-0.2, 0) is 14.4 Å². The maximum Gasteiger partial charge on any atom is 0.343 e. The van der Waals surface area contributed by atoms with Crippen LogP contribution in [0.25, 0.3) is 0 Å². The summed E-state index contributed by atoms with van der Waals surface area (Å²) in [7, 11) is 0. The van der Waals surface area contributed by atoms with Crippen LogP contribution in [0.4, 0.5) is 10.1 Å². The molecule has 1 amide bonds. The molecule has 0 spiro atoms. The number of ether oxygens (including phenoxy) is 2. The van der Waals surface area contributed by atoms with Gasteiger partial charge in [-0.15, -0.1) is 0 Å².